The first-order valence-corrected chi connectivity index (χ1v) is 5.89. The van der Waals surface area contributed by atoms with E-state index in [0.29, 0.717) is 12.5 Å². The lowest BCUT2D eigenvalue weighted by Gasteiger charge is -2.26. The van der Waals surface area contributed by atoms with Gasteiger partial charge in [-0.3, -0.25) is 10.2 Å². The second-order valence-electron chi connectivity index (χ2n) is 3.91. The zero-order valence-electron chi connectivity index (χ0n) is 10.3. The first-order chi connectivity index (χ1) is 7.15. The number of rotatable bonds is 8. The number of nitrogens with two attached hydrogens (primary N) is 1. The fourth-order valence-electron chi connectivity index (χ4n) is 1.62. The van der Waals surface area contributed by atoms with Crippen molar-refractivity contribution in [2.75, 3.05) is 13.1 Å². The highest BCUT2D eigenvalue weighted by molar-refractivity contribution is 5.74. The number of carbonyl (C=O) groups excluding carboxylic acids is 1. The van der Waals surface area contributed by atoms with E-state index in [2.05, 4.69) is 31.1 Å². The Balaban J connectivity index is 3.59. The Morgan fingerprint density at radius 1 is 1.40 bits per heavy atom. The molecule has 3 N–H and O–H groups in total. The SMILES string of the molecule is CCC(C)N(CC)CCCCC(=O)NN. The van der Waals surface area contributed by atoms with Gasteiger partial charge in [-0.15, -0.1) is 0 Å². The largest absolute Gasteiger partial charge is 0.301 e. The molecule has 0 aliphatic carbocycles. The van der Waals surface area contributed by atoms with Gasteiger partial charge in [0.25, 0.3) is 0 Å². The summed E-state index contributed by atoms with van der Waals surface area (Å²) in [5.74, 6) is 4.93. The van der Waals surface area contributed by atoms with Crippen LogP contribution in [0, 0.1) is 0 Å². The zero-order valence-corrected chi connectivity index (χ0v) is 10.3. The fraction of sp³-hybridized carbons (Fsp3) is 0.909. The summed E-state index contributed by atoms with van der Waals surface area (Å²) in [5.41, 5.74) is 2.15. The van der Waals surface area contributed by atoms with E-state index in [9.17, 15) is 4.79 Å². The van der Waals surface area contributed by atoms with Gasteiger partial charge >= 0.3 is 0 Å². The van der Waals surface area contributed by atoms with E-state index in [1.807, 2.05) is 0 Å². The number of hydrogen-bond donors (Lipinski definition) is 2. The molecule has 4 nitrogen and oxygen atoms in total. The molecule has 4 heteroatoms. The molecule has 15 heavy (non-hydrogen) atoms. The average molecular weight is 215 g/mol. The van der Waals surface area contributed by atoms with E-state index in [1.165, 1.54) is 6.42 Å². The molecule has 1 amide bonds. The molecule has 0 bridgehead atoms. The zero-order chi connectivity index (χ0) is 11.7. The van der Waals surface area contributed by atoms with Gasteiger partial charge in [0.05, 0.1) is 0 Å². The first kappa shape index (κ1) is 14.4. The van der Waals surface area contributed by atoms with E-state index in [0.717, 1.165) is 25.9 Å². The van der Waals surface area contributed by atoms with Crippen molar-refractivity contribution in [1.29, 1.82) is 0 Å². The molecule has 1 unspecified atom stereocenters. The van der Waals surface area contributed by atoms with E-state index in [-0.39, 0.29) is 5.91 Å². The van der Waals surface area contributed by atoms with Gasteiger partial charge in [-0.2, -0.15) is 0 Å². The van der Waals surface area contributed by atoms with Crippen LogP contribution in [-0.2, 0) is 4.79 Å². The number of hydrazine groups is 1. The van der Waals surface area contributed by atoms with E-state index in [1.54, 1.807) is 0 Å². The van der Waals surface area contributed by atoms with Crippen molar-refractivity contribution >= 4 is 5.91 Å². The van der Waals surface area contributed by atoms with Crippen LogP contribution in [0.2, 0.25) is 0 Å². The van der Waals surface area contributed by atoms with E-state index in [4.69, 9.17) is 5.84 Å². The van der Waals surface area contributed by atoms with Crippen LogP contribution >= 0.6 is 0 Å². The predicted molar refractivity (Wildman–Crippen MR) is 63.2 cm³/mol. The van der Waals surface area contributed by atoms with Gasteiger partial charge in [-0.05, 0) is 39.3 Å². The summed E-state index contributed by atoms with van der Waals surface area (Å²) >= 11 is 0. The third-order valence-corrected chi connectivity index (χ3v) is 2.88. The lowest BCUT2D eigenvalue weighted by Crippen LogP contribution is -2.33. The Morgan fingerprint density at radius 3 is 2.53 bits per heavy atom. The molecule has 0 aromatic carbocycles. The number of nitrogens with one attached hydrogen (secondary N) is 1. The summed E-state index contributed by atoms with van der Waals surface area (Å²) in [6.07, 6.45) is 3.69. The van der Waals surface area contributed by atoms with Crippen molar-refractivity contribution in [3.05, 3.63) is 0 Å². The number of nitrogens with zero attached hydrogens (tertiary/aromatic N) is 1. The second-order valence-corrected chi connectivity index (χ2v) is 3.91. The van der Waals surface area contributed by atoms with Crippen molar-refractivity contribution in [3.63, 3.8) is 0 Å². The second kappa shape index (κ2) is 8.68. The minimum atomic E-state index is -0.0680. The normalized spacial score (nSPS) is 12.9. The highest BCUT2D eigenvalue weighted by Gasteiger charge is 2.09. The molecule has 90 valence electrons. The highest BCUT2D eigenvalue weighted by Crippen LogP contribution is 2.05. The fourth-order valence-corrected chi connectivity index (χ4v) is 1.62. The maximum atomic E-state index is 10.9. The predicted octanol–water partition coefficient (Wildman–Crippen LogP) is 1.27. The molecule has 1 atom stereocenters. The Labute approximate surface area is 93.2 Å². The highest BCUT2D eigenvalue weighted by atomic mass is 16.2. The molecular weight excluding hydrogens is 190 g/mol. The summed E-state index contributed by atoms with van der Waals surface area (Å²) in [7, 11) is 0. The van der Waals surface area contributed by atoms with Gasteiger partial charge in [0.1, 0.15) is 0 Å². The van der Waals surface area contributed by atoms with Crippen LogP contribution in [0.25, 0.3) is 0 Å². The van der Waals surface area contributed by atoms with Gasteiger partial charge in [-0.1, -0.05) is 13.8 Å². The number of unbranched alkanes of at least 4 members (excludes halogenated alkanes) is 1. The average Bonchev–Trinajstić information content (AvgIpc) is 2.27. The van der Waals surface area contributed by atoms with Crippen molar-refractivity contribution in [2.24, 2.45) is 5.84 Å². The van der Waals surface area contributed by atoms with Gasteiger partial charge < -0.3 is 4.90 Å². The first-order valence-electron chi connectivity index (χ1n) is 5.89. The van der Waals surface area contributed by atoms with E-state index < -0.39 is 0 Å². The van der Waals surface area contributed by atoms with Crippen LogP contribution in [0.3, 0.4) is 0 Å². The molecule has 0 radical (unpaired) electrons. The number of carbonyl (C=O) groups is 1. The summed E-state index contributed by atoms with van der Waals surface area (Å²) in [5, 5.41) is 0. The lowest BCUT2D eigenvalue weighted by molar-refractivity contribution is -0.121. The molecule has 0 aromatic heterocycles. The molecule has 0 spiro atoms. The van der Waals surface area contributed by atoms with Crippen molar-refractivity contribution in [1.82, 2.24) is 10.3 Å². The van der Waals surface area contributed by atoms with Crippen LogP contribution in [0.4, 0.5) is 0 Å². The molecule has 0 aliphatic rings. The van der Waals surface area contributed by atoms with E-state index >= 15 is 0 Å². The maximum Gasteiger partial charge on any atom is 0.233 e. The maximum absolute atomic E-state index is 10.9. The minimum Gasteiger partial charge on any atom is -0.301 e. The molecule has 0 saturated heterocycles. The Kier molecular flexibility index (Phi) is 8.33. The molecule has 0 aromatic rings. The smallest absolute Gasteiger partial charge is 0.233 e. The topological polar surface area (TPSA) is 58.4 Å². The summed E-state index contributed by atoms with van der Waals surface area (Å²) in [6, 6.07) is 0.637. The lowest BCUT2D eigenvalue weighted by atomic mass is 10.1. The van der Waals surface area contributed by atoms with Crippen LogP contribution in [0.5, 0.6) is 0 Å². The minimum absolute atomic E-state index is 0.0680. The third-order valence-electron chi connectivity index (χ3n) is 2.88. The quantitative estimate of drug-likeness (QED) is 0.277. The standard InChI is InChI=1S/C11H25N3O/c1-4-10(3)14(5-2)9-7-6-8-11(15)13-12/h10H,4-9,12H2,1-3H3,(H,13,15). The van der Waals surface area contributed by atoms with Crippen molar-refractivity contribution < 1.29 is 4.79 Å². The molecule has 0 fully saturated rings. The van der Waals surface area contributed by atoms with Crippen LogP contribution in [0.1, 0.15) is 46.5 Å². The van der Waals surface area contributed by atoms with Gasteiger partial charge in [0, 0.05) is 12.5 Å². The summed E-state index contributed by atoms with van der Waals surface area (Å²) in [4.78, 5) is 13.3. The van der Waals surface area contributed by atoms with Crippen molar-refractivity contribution in [2.45, 2.75) is 52.5 Å². The van der Waals surface area contributed by atoms with Crippen LogP contribution < -0.4 is 11.3 Å². The summed E-state index contributed by atoms with van der Waals surface area (Å²) in [6.45, 7) is 8.78. The molecule has 0 saturated carbocycles. The molecule has 0 rings (SSSR count). The molecular formula is C11H25N3O. The van der Waals surface area contributed by atoms with Crippen LogP contribution in [0.15, 0.2) is 0 Å². The molecule has 0 aliphatic heterocycles. The molecule has 0 heterocycles. The van der Waals surface area contributed by atoms with Crippen LogP contribution in [-0.4, -0.2) is 29.9 Å². The monoisotopic (exact) mass is 215 g/mol. The Morgan fingerprint density at radius 2 is 2.07 bits per heavy atom. The Bertz CT molecular complexity index is 173. The number of hydrogen-bond acceptors (Lipinski definition) is 3. The van der Waals surface area contributed by atoms with Gasteiger partial charge in [0.2, 0.25) is 5.91 Å². The third kappa shape index (κ3) is 6.47. The summed E-state index contributed by atoms with van der Waals surface area (Å²) < 4.78 is 0. The Hall–Kier alpha value is -0.610. The number of amides is 1. The van der Waals surface area contributed by atoms with Gasteiger partial charge in [-0.25, -0.2) is 5.84 Å². The van der Waals surface area contributed by atoms with Gasteiger partial charge in [0.15, 0.2) is 0 Å². The van der Waals surface area contributed by atoms with Crippen molar-refractivity contribution in [3.8, 4) is 0 Å².